The van der Waals surface area contributed by atoms with Crippen molar-refractivity contribution in [2.45, 2.75) is 25.6 Å². The van der Waals surface area contributed by atoms with Crippen LogP contribution in [0.2, 0.25) is 0 Å². The summed E-state index contributed by atoms with van der Waals surface area (Å²) in [6.07, 6.45) is -5.84. The lowest BCUT2D eigenvalue weighted by molar-refractivity contribution is -0.385. The first-order valence-electron chi connectivity index (χ1n) is 7.68. The van der Waals surface area contributed by atoms with E-state index in [1.165, 1.54) is 31.2 Å². The van der Waals surface area contributed by atoms with Crippen LogP contribution in [0.25, 0.3) is 10.7 Å². The lowest BCUT2D eigenvalue weighted by Crippen LogP contribution is -2.35. The number of nitrogens with zero attached hydrogens (tertiary/aromatic N) is 4. The number of nitro groups is 1. The first-order valence-corrected chi connectivity index (χ1v) is 8.56. The van der Waals surface area contributed by atoms with Crippen LogP contribution in [0.5, 0.6) is 0 Å². The number of thiophene rings is 1. The Kier molecular flexibility index (Phi) is 4.91. The Hall–Kier alpha value is -2.89. The summed E-state index contributed by atoms with van der Waals surface area (Å²) in [4.78, 5) is 14.1. The largest absolute Gasteiger partial charge is 0.461 e. The van der Waals surface area contributed by atoms with Crippen LogP contribution in [-0.2, 0) is 12.5 Å². The van der Waals surface area contributed by atoms with E-state index in [1.807, 2.05) is 0 Å². The minimum Gasteiger partial charge on any atom is -0.258 e. The van der Waals surface area contributed by atoms with Gasteiger partial charge in [0, 0.05) is 11.6 Å². The molecule has 6 nitrogen and oxygen atoms in total. The van der Waals surface area contributed by atoms with Crippen molar-refractivity contribution in [2.75, 3.05) is 0 Å². The summed E-state index contributed by atoms with van der Waals surface area (Å²) in [7, 11) is 0. The molecule has 0 aliphatic rings. The molecule has 3 aromatic rings. The molecule has 0 atom stereocenters. The Bertz CT molecular complexity index is 1010. The van der Waals surface area contributed by atoms with Gasteiger partial charge in [-0.05, 0) is 30.0 Å². The molecule has 0 aliphatic heterocycles. The molecule has 0 spiro atoms. The van der Waals surface area contributed by atoms with E-state index in [4.69, 9.17) is 0 Å². The molecule has 0 amide bonds. The molecule has 28 heavy (non-hydrogen) atoms. The number of nitro benzene ring substituents is 1. The fourth-order valence-corrected chi connectivity index (χ4v) is 3.21. The summed E-state index contributed by atoms with van der Waals surface area (Å²) in [5, 5.41) is 15.9. The van der Waals surface area contributed by atoms with Crippen molar-refractivity contribution in [2.24, 2.45) is 0 Å². The summed E-state index contributed by atoms with van der Waals surface area (Å²) in [6.45, 7) is 1.30. The van der Waals surface area contributed by atoms with Gasteiger partial charge in [0.05, 0.1) is 16.3 Å². The molecule has 0 fully saturated rings. The zero-order valence-electron chi connectivity index (χ0n) is 14.1. The Morgan fingerprint density at radius 1 is 1.21 bits per heavy atom. The average molecular weight is 418 g/mol. The summed E-state index contributed by atoms with van der Waals surface area (Å²) in [5.41, 5.74) is 0.624. The quantitative estimate of drug-likeness (QED) is 0.335. The van der Waals surface area contributed by atoms with E-state index < -0.39 is 22.8 Å². The highest BCUT2D eigenvalue weighted by molar-refractivity contribution is 7.13. The number of aromatic nitrogens is 3. The van der Waals surface area contributed by atoms with Gasteiger partial charge in [-0.15, -0.1) is 16.4 Å². The number of benzene rings is 1. The highest BCUT2D eigenvalue weighted by atomic mass is 32.1. The van der Waals surface area contributed by atoms with Crippen molar-refractivity contribution in [3.63, 3.8) is 0 Å². The van der Waals surface area contributed by atoms with E-state index in [1.54, 1.807) is 11.4 Å². The molecule has 2 aromatic heterocycles. The van der Waals surface area contributed by atoms with Gasteiger partial charge in [0.2, 0.25) is 5.82 Å². The molecule has 0 unspecified atom stereocenters. The van der Waals surface area contributed by atoms with Crippen LogP contribution in [-0.4, -0.2) is 25.9 Å². The molecule has 0 aliphatic carbocycles. The van der Waals surface area contributed by atoms with Crippen LogP contribution in [0.4, 0.5) is 27.6 Å². The van der Waals surface area contributed by atoms with Crippen LogP contribution in [0, 0.1) is 17.0 Å². The van der Waals surface area contributed by atoms with Crippen molar-refractivity contribution in [1.82, 2.24) is 14.8 Å². The van der Waals surface area contributed by atoms with Crippen LogP contribution < -0.4 is 0 Å². The number of alkyl halides is 5. The third-order valence-electron chi connectivity index (χ3n) is 3.84. The maximum atomic E-state index is 13.7. The molecule has 0 N–H and O–H groups in total. The summed E-state index contributed by atoms with van der Waals surface area (Å²) in [6, 6.07) is 7.17. The van der Waals surface area contributed by atoms with E-state index in [2.05, 4.69) is 10.1 Å². The lowest BCUT2D eigenvalue weighted by Gasteiger charge is -2.15. The topological polar surface area (TPSA) is 73.8 Å². The lowest BCUT2D eigenvalue weighted by atomic mass is 10.1. The van der Waals surface area contributed by atoms with E-state index in [0.29, 0.717) is 16.0 Å². The normalized spacial score (nSPS) is 12.4. The van der Waals surface area contributed by atoms with E-state index in [-0.39, 0.29) is 18.1 Å². The highest BCUT2D eigenvalue weighted by Crippen LogP contribution is 2.43. The Labute approximate surface area is 158 Å². The maximum Gasteiger partial charge on any atom is 0.461 e. The smallest absolute Gasteiger partial charge is 0.258 e. The van der Waals surface area contributed by atoms with E-state index >= 15 is 0 Å². The van der Waals surface area contributed by atoms with Gasteiger partial charge in [0.25, 0.3) is 5.69 Å². The predicted octanol–water partition coefficient (Wildman–Crippen LogP) is 4.93. The number of rotatable bonds is 5. The SMILES string of the molecule is Cc1cc(Cn2nc(C(F)(F)C(F)(F)F)nc2-c2cccs2)ccc1[N+](=O)[O-]. The molecule has 148 valence electrons. The first kappa shape index (κ1) is 19.9. The van der Waals surface area contributed by atoms with Crippen molar-refractivity contribution >= 4 is 17.0 Å². The van der Waals surface area contributed by atoms with Gasteiger partial charge in [-0.2, -0.15) is 22.0 Å². The third kappa shape index (κ3) is 3.59. The Morgan fingerprint density at radius 3 is 2.46 bits per heavy atom. The average Bonchev–Trinajstić information content (AvgIpc) is 3.22. The van der Waals surface area contributed by atoms with E-state index in [9.17, 15) is 32.1 Å². The fraction of sp³-hybridized carbons (Fsp3) is 0.250. The van der Waals surface area contributed by atoms with Crippen LogP contribution >= 0.6 is 11.3 Å². The van der Waals surface area contributed by atoms with Crippen LogP contribution in [0.1, 0.15) is 17.0 Å². The molecule has 3 rings (SSSR count). The molecular weight excluding hydrogens is 407 g/mol. The maximum absolute atomic E-state index is 13.7. The zero-order valence-corrected chi connectivity index (χ0v) is 14.9. The molecule has 0 saturated heterocycles. The summed E-state index contributed by atoms with van der Waals surface area (Å²) < 4.78 is 66.5. The van der Waals surface area contributed by atoms with Gasteiger partial charge in [-0.1, -0.05) is 12.1 Å². The molecular formula is C16H11F5N4O2S. The second-order valence-corrected chi connectivity index (χ2v) is 6.79. The van der Waals surface area contributed by atoms with Gasteiger partial charge in [-0.25, -0.2) is 9.67 Å². The fourth-order valence-electron chi connectivity index (χ4n) is 2.49. The molecule has 2 heterocycles. The predicted molar refractivity (Wildman–Crippen MR) is 90.2 cm³/mol. The van der Waals surface area contributed by atoms with Crippen molar-refractivity contribution in [1.29, 1.82) is 0 Å². The molecule has 0 saturated carbocycles. The number of aryl methyl sites for hydroxylation is 1. The van der Waals surface area contributed by atoms with Gasteiger partial charge in [0.15, 0.2) is 5.82 Å². The van der Waals surface area contributed by atoms with E-state index in [0.717, 1.165) is 16.0 Å². The van der Waals surface area contributed by atoms with Crippen molar-refractivity contribution in [3.8, 4) is 10.7 Å². The molecule has 0 bridgehead atoms. The molecule has 0 radical (unpaired) electrons. The van der Waals surface area contributed by atoms with Crippen LogP contribution in [0.3, 0.4) is 0 Å². The molecule has 12 heteroatoms. The Balaban J connectivity index is 2.05. The van der Waals surface area contributed by atoms with Gasteiger partial charge in [-0.3, -0.25) is 10.1 Å². The first-order chi connectivity index (χ1) is 13.0. The number of halogens is 5. The van der Waals surface area contributed by atoms with Crippen LogP contribution in [0.15, 0.2) is 35.7 Å². The second-order valence-electron chi connectivity index (χ2n) is 5.84. The Morgan fingerprint density at radius 2 is 1.93 bits per heavy atom. The minimum absolute atomic E-state index is 0.134. The molecule has 1 aromatic carbocycles. The van der Waals surface area contributed by atoms with Gasteiger partial charge < -0.3 is 0 Å². The number of hydrogen-bond donors (Lipinski definition) is 0. The second kappa shape index (κ2) is 6.93. The van der Waals surface area contributed by atoms with Gasteiger partial charge >= 0.3 is 12.1 Å². The summed E-state index contributed by atoms with van der Waals surface area (Å²) in [5.74, 6) is -7.01. The minimum atomic E-state index is -5.84. The standard InChI is InChI=1S/C16H11F5N4O2S/c1-9-7-10(4-5-11(9)25(26)27)8-24-13(12-3-2-6-28-12)22-14(23-24)15(17,18)16(19,20)21/h2-7H,8H2,1H3. The zero-order chi connectivity index (χ0) is 20.7. The number of hydrogen-bond acceptors (Lipinski definition) is 5. The summed E-state index contributed by atoms with van der Waals surface area (Å²) >= 11 is 1.10. The third-order valence-corrected chi connectivity index (χ3v) is 4.71. The monoisotopic (exact) mass is 418 g/mol. The van der Waals surface area contributed by atoms with Crippen molar-refractivity contribution in [3.05, 3.63) is 62.8 Å². The van der Waals surface area contributed by atoms with Crippen molar-refractivity contribution < 1.29 is 26.9 Å². The van der Waals surface area contributed by atoms with Gasteiger partial charge in [0.1, 0.15) is 0 Å². The highest BCUT2D eigenvalue weighted by Gasteiger charge is 2.62.